The van der Waals surface area contributed by atoms with Crippen molar-refractivity contribution in [3.63, 3.8) is 0 Å². The number of hydrogen-bond donors (Lipinski definition) is 0. The molecule has 0 atom stereocenters. The Labute approximate surface area is 397 Å². The molecule has 352 valence electrons. The average molecular weight is 1030 g/mol. The van der Waals surface area contributed by atoms with Crippen LogP contribution in [0.25, 0.3) is 22.5 Å². The first-order chi connectivity index (χ1) is 31.0. The van der Waals surface area contributed by atoms with Gasteiger partial charge in [0.15, 0.2) is 10.3 Å². The van der Waals surface area contributed by atoms with Crippen molar-refractivity contribution in [1.29, 1.82) is 0 Å². The summed E-state index contributed by atoms with van der Waals surface area (Å²) >= 11 is 14.9. The molecule has 4 aromatic carbocycles. The van der Waals surface area contributed by atoms with Gasteiger partial charge in [0.2, 0.25) is 20.0 Å². The summed E-state index contributed by atoms with van der Waals surface area (Å²) in [6.45, 7) is 10.1. The second-order valence-electron chi connectivity index (χ2n) is 15.6. The van der Waals surface area contributed by atoms with Crippen molar-refractivity contribution in [3.05, 3.63) is 127 Å². The molecule has 0 unspecified atom stereocenters. The molecule has 2 aromatic heterocycles. The zero-order valence-corrected chi connectivity index (χ0v) is 40.5. The first-order valence-corrected chi connectivity index (χ1v) is 25.6. The van der Waals surface area contributed by atoms with Crippen LogP contribution >= 0.6 is 45.9 Å². The van der Waals surface area contributed by atoms with Gasteiger partial charge in [0.05, 0.1) is 32.6 Å². The Morgan fingerprint density at radius 1 is 0.545 bits per heavy atom. The Hall–Kier alpha value is -4.28. The van der Waals surface area contributed by atoms with Crippen molar-refractivity contribution in [2.75, 3.05) is 62.2 Å². The van der Waals surface area contributed by atoms with E-state index in [1.807, 2.05) is 84.7 Å². The summed E-state index contributed by atoms with van der Waals surface area (Å²) in [6.07, 6.45) is -9.32. The Bertz CT molecular complexity index is 2950. The van der Waals surface area contributed by atoms with Crippen molar-refractivity contribution >= 4 is 76.2 Å². The van der Waals surface area contributed by atoms with Crippen LogP contribution in [0.3, 0.4) is 0 Å². The number of sulfonamides is 2. The zero-order valence-electron chi connectivity index (χ0n) is 35.7. The molecule has 66 heavy (non-hydrogen) atoms. The van der Waals surface area contributed by atoms with Crippen molar-refractivity contribution in [2.45, 2.75) is 49.8 Å². The van der Waals surface area contributed by atoms with Crippen molar-refractivity contribution in [3.8, 4) is 22.5 Å². The van der Waals surface area contributed by atoms with Crippen LogP contribution in [0.15, 0.2) is 93.3 Å². The lowest BCUT2D eigenvalue weighted by molar-refractivity contribution is -0.138. The molecule has 2 aliphatic heterocycles. The number of thiazole rings is 2. The molecule has 0 radical (unpaired) electrons. The van der Waals surface area contributed by atoms with Gasteiger partial charge >= 0.3 is 12.4 Å². The van der Waals surface area contributed by atoms with E-state index in [-0.39, 0.29) is 36.2 Å². The maximum absolute atomic E-state index is 13.1. The SMILES string of the molecule is Cc1cccc(-c2csc(N3CCN(S(=O)(=O)c4cc(C(F)(F)F)ccc4Cl)CC3)n2)c1C.Cc1cccc(C)c1-c1csc(N2CCN(S(=O)(=O)c3cc(C(F)(F)F)ccc3Cl)CC2)n1. The van der Waals surface area contributed by atoms with Gasteiger partial charge in [-0.15, -0.1) is 22.7 Å². The second kappa shape index (κ2) is 19.4. The first kappa shape index (κ1) is 49.6. The minimum absolute atomic E-state index is 0.118. The standard InChI is InChI=1S/2C22H21ClF3N3O2S2/c1-14-4-3-5-17(15(14)2)19-13-32-21(27-19)28-8-10-29(11-9-28)33(30,31)20-12-16(22(24,25)26)6-7-18(20)23;1-14-4-3-5-15(2)20(14)18-13-32-21(27-18)28-8-10-29(11-9-28)33(30,31)19-12-16(22(24,25)26)6-7-17(19)23/h2*3-7,12-13H,8-11H2,1-2H3. The highest BCUT2D eigenvalue weighted by molar-refractivity contribution is 7.89. The van der Waals surface area contributed by atoms with E-state index in [0.717, 1.165) is 73.7 Å². The fourth-order valence-electron chi connectivity index (χ4n) is 7.58. The maximum atomic E-state index is 13.1. The number of benzene rings is 4. The van der Waals surface area contributed by atoms with E-state index in [1.54, 1.807) is 0 Å². The number of halogens is 8. The largest absolute Gasteiger partial charge is 0.416 e. The van der Waals surface area contributed by atoms with Crippen LogP contribution in [0, 0.1) is 27.7 Å². The number of piperazine rings is 2. The number of rotatable bonds is 8. The molecule has 2 aliphatic rings. The Morgan fingerprint density at radius 2 is 0.939 bits per heavy atom. The lowest BCUT2D eigenvalue weighted by Gasteiger charge is -2.34. The molecular formula is C44H42Cl2F6N6O4S4. The number of anilines is 2. The number of alkyl halides is 6. The summed E-state index contributed by atoms with van der Waals surface area (Å²) in [6, 6.07) is 16.8. The third-order valence-corrected chi connectivity index (χ3v) is 17.9. The van der Waals surface area contributed by atoms with Crippen LogP contribution in [-0.4, -0.2) is 87.8 Å². The van der Waals surface area contributed by atoms with Gasteiger partial charge in [-0.1, -0.05) is 59.6 Å². The van der Waals surface area contributed by atoms with Crippen LogP contribution in [-0.2, 0) is 32.4 Å². The second-order valence-corrected chi connectivity index (χ2v) is 21.9. The van der Waals surface area contributed by atoms with Gasteiger partial charge in [-0.25, -0.2) is 26.8 Å². The van der Waals surface area contributed by atoms with Gasteiger partial charge in [-0.05, 0) is 86.3 Å². The summed E-state index contributed by atoms with van der Waals surface area (Å²) in [5.74, 6) is 0. The number of hydrogen-bond acceptors (Lipinski definition) is 10. The van der Waals surface area contributed by atoms with Crippen molar-refractivity contribution in [2.24, 2.45) is 0 Å². The van der Waals surface area contributed by atoms with Gasteiger partial charge in [-0.3, -0.25) is 0 Å². The molecule has 10 nitrogen and oxygen atoms in total. The Morgan fingerprint density at radius 3 is 1.38 bits per heavy atom. The van der Waals surface area contributed by atoms with E-state index in [9.17, 15) is 43.2 Å². The minimum atomic E-state index is -4.66. The summed E-state index contributed by atoms with van der Waals surface area (Å²) in [7, 11) is -8.34. The zero-order chi connectivity index (χ0) is 47.9. The van der Waals surface area contributed by atoms with E-state index < -0.39 is 53.3 Å². The smallest absolute Gasteiger partial charge is 0.345 e. The van der Waals surface area contributed by atoms with Gasteiger partial charge in [0.25, 0.3) is 0 Å². The fourth-order valence-corrected chi connectivity index (χ4v) is 13.2. The molecule has 22 heteroatoms. The summed E-state index contributed by atoms with van der Waals surface area (Å²) in [5, 5.41) is 5.05. The van der Waals surface area contributed by atoms with E-state index in [2.05, 4.69) is 0 Å². The van der Waals surface area contributed by atoms with Gasteiger partial charge in [-0.2, -0.15) is 35.0 Å². The highest BCUT2D eigenvalue weighted by Gasteiger charge is 2.37. The topological polar surface area (TPSA) is 107 Å². The summed E-state index contributed by atoms with van der Waals surface area (Å²) in [5.41, 5.74) is 6.35. The van der Waals surface area contributed by atoms with Crippen LogP contribution in [0.2, 0.25) is 10.0 Å². The Balaban J connectivity index is 0.000000196. The maximum Gasteiger partial charge on any atom is 0.416 e. The quantitative estimate of drug-likeness (QED) is 0.139. The van der Waals surface area contributed by atoms with E-state index in [1.165, 1.54) is 36.8 Å². The molecule has 0 saturated carbocycles. The minimum Gasteiger partial charge on any atom is -0.345 e. The number of aromatic nitrogens is 2. The average Bonchev–Trinajstić information content (AvgIpc) is 3.96. The van der Waals surface area contributed by atoms with Crippen LogP contribution in [0.4, 0.5) is 36.6 Å². The molecule has 4 heterocycles. The van der Waals surface area contributed by atoms with Crippen molar-refractivity contribution < 1.29 is 43.2 Å². The van der Waals surface area contributed by atoms with E-state index in [4.69, 9.17) is 33.2 Å². The normalized spacial score (nSPS) is 15.8. The molecule has 0 bridgehead atoms. The molecule has 2 saturated heterocycles. The predicted octanol–water partition coefficient (Wildman–Crippen LogP) is 11.2. The highest BCUT2D eigenvalue weighted by Crippen LogP contribution is 2.38. The van der Waals surface area contributed by atoms with Gasteiger partial charge in [0, 0.05) is 74.2 Å². The summed E-state index contributed by atoms with van der Waals surface area (Å²) in [4.78, 5) is 12.4. The predicted molar refractivity (Wildman–Crippen MR) is 249 cm³/mol. The van der Waals surface area contributed by atoms with Crippen LogP contribution < -0.4 is 9.80 Å². The van der Waals surface area contributed by atoms with Gasteiger partial charge in [0.1, 0.15) is 9.79 Å². The van der Waals surface area contributed by atoms with Crippen LogP contribution in [0.5, 0.6) is 0 Å². The van der Waals surface area contributed by atoms with Crippen molar-refractivity contribution in [1.82, 2.24) is 18.6 Å². The molecule has 6 aromatic rings. The van der Waals surface area contributed by atoms with E-state index >= 15 is 0 Å². The highest BCUT2D eigenvalue weighted by atomic mass is 35.5. The lowest BCUT2D eigenvalue weighted by atomic mass is 10.0. The number of aryl methyl sites for hydroxylation is 3. The van der Waals surface area contributed by atoms with Crippen LogP contribution in [0.1, 0.15) is 33.4 Å². The third-order valence-electron chi connectivity index (χ3n) is 11.4. The lowest BCUT2D eigenvalue weighted by Crippen LogP contribution is -2.48. The summed E-state index contributed by atoms with van der Waals surface area (Å²) < 4.78 is 133. The fraction of sp³-hybridized carbons (Fsp3) is 0.318. The third kappa shape index (κ3) is 10.5. The molecule has 2 fully saturated rings. The number of nitrogens with zero attached hydrogens (tertiary/aromatic N) is 6. The molecule has 0 N–H and O–H groups in total. The molecule has 0 aliphatic carbocycles. The van der Waals surface area contributed by atoms with E-state index in [0.29, 0.717) is 38.3 Å². The Kier molecular flexibility index (Phi) is 14.6. The molecule has 8 rings (SSSR count). The monoisotopic (exact) mass is 1030 g/mol. The first-order valence-electron chi connectivity index (χ1n) is 20.2. The van der Waals surface area contributed by atoms with Gasteiger partial charge < -0.3 is 9.80 Å². The molecule has 0 spiro atoms. The molecule has 0 amide bonds. The molecular weight excluding hydrogens is 990 g/mol.